The van der Waals surface area contributed by atoms with E-state index in [0.29, 0.717) is 0 Å². The molecule has 0 aliphatic carbocycles. The fraction of sp³-hybridized carbons (Fsp3) is 0.133. The summed E-state index contributed by atoms with van der Waals surface area (Å²) in [7, 11) is 0. The van der Waals surface area contributed by atoms with Crippen LogP contribution >= 0.6 is 15.9 Å². The Labute approximate surface area is 114 Å². The molecule has 0 fully saturated rings. The van der Waals surface area contributed by atoms with Crippen LogP contribution in [-0.2, 0) is 6.42 Å². The molecule has 2 rings (SSSR count). The van der Waals surface area contributed by atoms with Crippen molar-refractivity contribution in [2.24, 2.45) is 0 Å². The summed E-state index contributed by atoms with van der Waals surface area (Å²) in [6.07, 6.45) is 0.196. The average Bonchev–Trinajstić information content (AvgIpc) is 2.35. The first-order chi connectivity index (χ1) is 8.58. The van der Waals surface area contributed by atoms with Gasteiger partial charge in [-0.3, -0.25) is 4.79 Å². The third-order valence-electron chi connectivity index (χ3n) is 2.73. The first-order valence-electron chi connectivity index (χ1n) is 5.60. The summed E-state index contributed by atoms with van der Waals surface area (Å²) >= 11 is 3.38. The van der Waals surface area contributed by atoms with Crippen molar-refractivity contribution in [1.82, 2.24) is 0 Å². The maximum atomic E-state index is 13.6. The normalized spacial score (nSPS) is 10.4. The zero-order chi connectivity index (χ0) is 13.1. The number of hydrogen-bond acceptors (Lipinski definition) is 1. The van der Waals surface area contributed by atoms with E-state index in [4.69, 9.17) is 0 Å². The zero-order valence-corrected chi connectivity index (χ0v) is 11.5. The van der Waals surface area contributed by atoms with Gasteiger partial charge in [-0.25, -0.2) is 4.39 Å². The quantitative estimate of drug-likeness (QED) is 0.772. The fourth-order valence-corrected chi connectivity index (χ4v) is 2.19. The van der Waals surface area contributed by atoms with Gasteiger partial charge in [0.15, 0.2) is 5.78 Å². The minimum absolute atomic E-state index is 0.158. The summed E-state index contributed by atoms with van der Waals surface area (Å²) in [6, 6.07) is 12.1. The number of hydrogen-bond donors (Lipinski definition) is 0. The lowest BCUT2D eigenvalue weighted by molar-refractivity contribution is 0.0989. The Hall–Kier alpha value is -1.48. The Morgan fingerprint density at radius 1 is 1.22 bits per heavy atom. The van der Waals surface area contributed by atoms with Crippen molar-refractivity contribution < 1.29 is 9.18 Å². The molecule has 0 saturated heterocycles. The van der Waals surface area contributed by atoms with Crippen molar-refractivity contribution in [3.8, 4) is 0 Å². The largest absolute Gasteiger partial charge is 0.294 e. The number of aryl methyl sites for hydroxylation is 1. The average molecular weight is 307 g/mol. The highest BCUT2D eigenvalue weighted by Crippen LogP contribution is 2.19. The standard InChI is InChI=1S/C15H12BrFO/c1-10-6-7-14(17)12(8-10)15(18)9-11-4-2-3-5-13(11)16/h2-8H,9H2,1H3. The lowest BCUT2D eigenvalue weighted by atomic mass is 10.0. The number of Topliss-reactive ketones (excluding diaryl/α,β-unsaturated/α-hetero) is 1. The number of carbonyl (C=O) groups excluding carboxylic acids is 1. The van der Waals surface area contributed by atoms with Gasteiger partial charge in [0.25, 0.3) is 0 Å². The first-order valence-corrected chi connectivity index (χ1v) is 6.40. The molecule has 0 N–H and O–H groups in total. The molecule has 3 heteroatoms. The first kappa shape index (κ1) is 13.0. The van der Waals surface area contributed by atoms with E-state index < -0.39 is 5.82 Å². The smallest absolute Gasteiger partial charge is 0.170 e. The molecule has 0 atom stereocenters. The predicted molar refractivity (Wildman–Crippen MR) is 73.3 cm³/mol. The molecule has 18 heavy (non-hydrogen) atoms. The van der Waals surface area contributed by atoms with Crippen molar-refractivity contribution in [2.45, 2.75) is 13.3 Å². The van der Waals surface area contributed by atoms with E-state index in [1.54, 1.807) is 12.1 Å². The Morgan fingerprint density at radius 2 is 1.94 bits per heavy atom. The maximum absolute atomic E-state index is 13.6. The van der Waals surface area contributed by atoms with Crippen LogP contribution in [0.15, 0.2) is 46.9 Å². The molecule has 0 unspecified atom stereocenters. The third kappa shape index (κ3) is 2.85. The van der Waals surface area contributed by atoms with Crippen LogP contribution in [0.2, 0.25) is 0 Å². The highest BCUT2D eigenvalue weighted by atomic mass is 79.9. The lowest BCUT2D eigenvalue weighted by Crippen LogP contribution is -2.07. The second kappa shape index (κ2) is 5.44. The third-order valence-corrected chi connectivity index (χ3v) is 3.50. The summed E-state index contributed by atoms with van der Waals surface area (Å²) in [5.41, 5.74) is 1.90. The van der Waals surface area contributed by atoms with Gasteiger partial charge in [-0.2, -0.15) is 0 Å². The van der Waals surface area contributed by atoms with Crippen LogP contribution in [-0.4, -0.2) is 5.78 Å². The number of carbonyl (C=O) groups is 1. The van der Waals surface area contributed by atoms with Crippen LogP contribution < -0.4 is 0 Å². The topological polar surface area (TPSA) is 17.1 Å². The highest BCUT2D eigenvalue weighted by molar-refractivity contribution is 9.10. The Kier molecular flexibility index (Phi) is 3.92. The SMILES string of the molecule is Cc1ccc(F)c(C(=O)Cc2ccccc2Br)c1. The van der Waals surface area contributed by atoms with E-state index in [2.05, 4.69) is 15.9 Å². The Balaban J connectivity index is 2.28. The highest BCUT2D eigenvalue weighted by Gasteiger charge is 2.13. The monoisotopic (exact) mass is 306 g/mol. The molecular weight excluding hydrogens is 295 g/mol. The minimum Gasteiger partial charge on any atom is -0.294 e. The van der Waals surface area contributed by atoms with Gasteiger partial charge in [0.2, 0.25) is 0 Å². The molecule has 92 valence electrons. The number of benzene rings is 2. The van der Waals surface area contributed by atoms with Gasteiger partial charge in [-0.15, -0.1) is 0 Å². The molecule has 1 nitrogen and oxygen atoms in total. The van der Waals surface area contributed by atoms with E-state index in [1.165, 1.54) is 6.07 Å². The molecule has 0 heterocycles. The lowest BCUT2D eigenvalue weighted by Gasteiger charge is -2.05. The minimum atomic E-state index is -0.461. The van der Waals surface area contributed by atoms with Crippen LogP contribution in [0.4, 0.5) is 4.39 Å². The molecule has 0 saturated carbocycles. The van der Waals surface area contributed by atoms with Gasteiger partial charge in [-0.05, 0) is 30.7 Å². The Morgan fingerprint density at radius 3 is 2.67 bits per heavy atom. The number of ketones is 1. The summed E-state index contributed by atoms with van der Waals surface area (Å²) < 4.78 is 14.5. The Bertz CT molecular complexity index is 593. The van der Waals surface area contributed by atoms with Crippen molar-refractivity contribution >= 4 is 21.7 Å². The molecule has 0 radical (unpaired) electrons. The van der Waals surface area contributed by atoms with Gasteiger partial charge in [0.05, 0.1) is 5.56 Å². The maximum Gasteiger partial charge on any atom is 0.170 e. The number of rotatable bonds is 3. The van der Waals surface area contributed by atoms with E-state index in [9.17, 15) is 9.18 Å². The van der Waals surface area contributed by atoms with E-state index in [0.717, 1.165) is 15.6 Å². The molecule has 0 aliphatic rings. The van der Waals surface area contributed by atoms with Crippen molar-refractivity contribution in [3.05, 3.63) is 69.4 Å². The van der Waals surface area contributed by atoms with Gasteiger partial charge in [0.1, 0.15) is 5.82 Å². The van der Waals surface area contributed by atoms with Crippen molar-refractivity contribution in [3.63, 3.8) is 0 Å². The molecule has 0 spiro atoms. The summed E-state index contributed by atoms with van der Waals surface area (Å²) in [4.78, 5) is 12.1. The molecule has 0 amide bonds. The van der Waals surface area contributed by atoms with Crippen LogP contribution in [0.25, 0.3) is 0 Å². The molecule has 0 bridgehead atoms. The molecular formula is C15H12BrFO. The van der Waals surface area contributed by atoms with Crippen LogP contribution in [0.1, 0.15) is 21.5 Å². The van der Waals surface area contributed by atoms with E-state index >= 15 is 0 Å². The van der Waals surface area contributed by atoms with Crippen molar-refractivity contribution in [2.75, 3.05) is 0 Å². The summed E-state index contributed by atoms with van der Waals surface area (Å²) in [5, 5.41) is 0. The van der Waals surface area contributed by atoms with Crippen LogP contribution in [0.5, 0.6) is 0 Å². The summed E-state index contributed by atoms with van der Waals surface area (Å²) in [5.74, 6) is -0.666. The zero-order valence-electron chi connectivity index (χ0n) is 9.91. The fourth-order valence-electron chi connectivity index (χ4n) is 1.76. The molecule has 2 aromatic carbocycles. The van der Waals surface area contributed by atoms with Crippen LogP contribution in [0.3, 0.4) is 0 Å². The van der Waals surface area contributed by atoms with E-state index in [1.807, 2.05) is 31.2 Å². The molecule has 0 aromatic heterocycles. The van der Waals surface area contributed by atoms with Crippen LogP contribution in [0, 0.1) is 12.7 Å². The van der Waals surface area contributed by atoms with Gasteiger partial charge < -0.3 is 0 Å². The second-order valence-electron chi connectivity index (χ2n) is 4.17. The molecule has 2 aromatic rings. The second-order valence-corrected chi connectivity index (χ2v) is 5.03. The van der Waals surface area contributed by atoms with Gasteiger partial charge in [-0.1, -0.05) is 45.8 Å². The van der Waals surface area contributed by atoms with Gasteiger partial charge >= 0.3 is 0 Å². The summed E-state index contributed by atoms with van der Waals surface area (Å²) in [6.45, 7) is 1.84. The van der Waals surface area contributed by atoms with Gasteiger partial charge in [0, 0.05) is 10.9 Å². The van der Waals surface area contributed by atoms with Crippen molar-refractivity contribution in [1.29, 1.82) is 0 Å². The molecule has 0 aliphatic heterocycles. The number of halogens is 2. The van der Waals surface area contributed by atoms with E-state index in [-0.39, 0.29) is 17.8 Å². The predicted octanol–water partition coefficient (Wildman–Crippen LogP) is 4.32.